The zero-order valence-corrected chi connectivity index (χ0v) is 17.9. The molecule has 4 atom stereocenters. The molecular formula is C23H28N2O5. The van der Waals surface area contributed by atoms with Crippen molar-refractivity contribution >= 4 is 16.9 Å². The molecule has 1 saturated heterocycles. The van der Waals surface area contributed by atoms with E-state index in [1.54, 1.807) is 20.5 Å². The van der Waals surface area contributed by atoms with E-state index in [0.29, 0.717) is 11.7 Å². The lowest BCUT2D eigenvalue weighted by Crippen LogP contribution is -2.51. The summed E-state index contributed by atoms with van der Waals surface area (Å²) in [4.78, 5) is 17.8. The molecule has 3 aliphatic heterocycles. The Morgan fingerprint density at radius 2 is 2.00 bits per heavy atom. The van der Waals surface area contributed by atoms with Crippen molar-refractivity contribution in [2.75, 3.05) is 27.3 Å². The summed E-state index contributed by atoms with van der Waals surface area (Å²) in [5, 5.41) is 1.19. The van der Waals surface area contributed by atoms with Crippen molar-refractivity contribution in [2.24, 2.45) is 11.8 Å². The molecule has 30 heavy (non-hydrogen) atoms. The average Bonchev–Trinajstić information content (AvgIpc) is 3.11. The van der Waals surface area contributed by atoms with Gasteiger partial charge in [0.05, 0.1) is 26.4 Å². The van der Waals surface area contributed by atoms with E-state index >= 15 is 0 Å². The highest BCUT2D eigenvalue weighted by Gasteiger charge is 2.46. The summed E-state index contributed by atoms with van der Waals surface area (Å²) in [6, 6.07) is 4.35. The van der Waals surface area contributed by atoms with Gasteiger partial charge in [0.1, 0.15) is 12.0 Å². The van der Waals surface area contributed by atoms with Crippen LogP contribution in [0.3, 0.4) is 0 Å². The molecule has 0 radical (unpaired) electrons. The number of rotatable bonds is 3. The number of H-pyrrole nitrogens is 1. The number of carbonyl (C=O) groups excluding carboxylic acids is 1. The number of aromatic amines is 1. The quantitative estimate of drug-likeness (QED) is 0.778. The fourth-order valence-electron chi connectivity index (χ4n) is 5.48. The average molecular weight is 412 g/mol. The van der Waals surface area contributed by atoms with E-state index in [2.05, 4.69) is 22.9 Å². The first-order valence-electron chi connectivity index (χ1n) is 10.5. The number of nitrogens with zero attached hydrogens (tertiary/aromatic N) is 1. The number of carbonyl (C=O) groups is 1. The number of aromatic nitrogens is 1. The standard InChI is InChI=1S/C23H28N2O5/c1-12-17-10-25-6-5-14-15-8-20(27-3)21(28-4)9-18(15)24-23(14)19(25)7-16(17)22(11-29-12)30-13(2)26/h8-9,11-12,16-17,19,24H,5-7,10H2,1-4H3/t12-,16?,17?,19+/m0/s1. The van der Waals surface area contributed by atoms with Crippen LogP contribution in [0.15, 0.2) is 24.2 Å². The SMILES string of the molecule is COc1cc2[nH]c3c(c2cc1OC)CCN1CC2C(C[C@H]31)C(OC(C)=O)=CO[C@H]2C. The molecule has 0 saturated carbocycles. The predicted molar refractivity (Wildman–Crippen MR) is 111 cm³/mol. The highest BCUT2D eigenvalue weighted by molar-refractivity contribution is 5.88. The minimum atomic E-state index is -0.297. The fraction of sp³-hybridized carbons (Fsp3) is 0.522. The molecule has 3 aliphatic rings. The second-order valence-corrected chi connectivity index (χ2v) is 8.49. The fourth-order valence-corrected chi connectivity index (χ4v) is 5.48. The third kappa shape index (κ3) is 2.95. The number of hydrogen-bond acceptors (Lipinski definition) is 6. The van der Waals surface area contributed by atoms with Crippen LogP contribution in [-0.4, -0.2) is 49.3 Å². The van der Waals surface area contributed by atoms with Gasteiger partial charge >= 0.3 is 5.97 Å². The molecule has 4 heterocycles. The van der Waals surface area contributed by atoms with Crippen molar-refractivity contribution in [3.05, 3.63) is 35.4 Å². The highest BCUT2D eigenvalue weighted by Crippen LogP contribution is 2.48. The van der Waals surface area contributed by atoms with Gasteiger partial charge in [-0.25, -0.2) is 0 Å². The second-order valence-electron chi connectivity index (χ2n) is 8.49. The Morgan fingerprint density at radius 3 is 2.73 bits per heavy atom. The molecule has 1 N–H and O–H groups in total. The summed E-state index contributed by atoms with van der Waals surface area (Å²) in [5.41, 5.74) is 3.67. The molecule has 7 heteroatoms. The molecule has 160 valence electrons. The van der Waals surface area contributed by atoms with Crippen LogP contribution in [-0.2, 0) is 20.7 Å². The Kier molecular flexibility index (Phi) is 4.65. The van der Waals surface area contributed by atoms with E-state index in [4.69, 9.17) is 18.9 Å². The Labute approximate surface area is 175 Å². The van der Waals surface area contributed by atoms with Crippen molar-refractivity contribution in [2.45, 2.75) is 38.8 Å². The molecule has 1 aromatic heterocycles. The van der Waals surface area contributed by atoms with Crippen LogP contribution in [0.5, 0.6) is 11.5 Å². The monoisotopic (exact) mass is 412 g/mol. The van der Waals surface area contributed by atoms with Crippen LogP contribution in [0.4, 0.5) is 0 Å². The van der Waals surface area contributed by atoms with E-state index in [1.807, 2.05) is 6.07 Å². The summed E-state index contributed by atoms with van der Waals surface area (Å²) in [5.74, 6) is 2.32. The first-order chi connectivity index (χ1) is 14.5. The van der Waals surface area contributed by atoms with Crippen molar-refractivity contribution in [3.63, 3.8) is 0 Å². The van der Waals surface area contributed by atoms with E-state index < -0.39 is 0 Å². The van der Waals surface area contributed by atoms with Gasteiger partial charge in [0, 0.05) is 54.5 Å². The van der Waals surface area contributed by atoms with Gasteiger partial charge in [0.2, 0.25) is 0 Å². The Hall–Kier alpha value is -2.67. The molecule has 1 fully saturated rings. The largest absolute Gasteiger partial charge is 0.494 e. The van der Waals surface area contributed by atoms with Crippen molar-refractivity contribution in [1.29, 1.82) is 0 Å². The maximum Gasteiger partial charge on any atom is 0.307 e. The topological polar surface area (TPSA) is 73.0 Å². The third-order valence-electron chi connectivity index (χ3n) is 6.93. The van der Waals surface area contributed by atoms with Crippen LogP contribution < -0.4 is 9.47 Å². The van der Waals surface area contributed by atoms with Gasteiger partial charge in [-0.05, 0) is 31.4 Å². The lowest BCUT2D eigenvalue weighted by atomic mass is 9.74. The number of methoxy groups -OCH3 is 2. The maximum atomic E-state index is 11.6. The van der Waals surface area contributed by atoms with Crippen molar-refractivity contribution < 1.29 is 23.7 Å². The minimum Gasteiger partial charge on any atom is -0.494 e. The summed E-state index contributed by atoms with van der Waals surface area (Å²) in [6.07, 6.45) is 3.63. The minimum absolute atomic E-state index is 0.105. The van der Waals surface area contributed by atoms with Gasteiger partial charge in [-0.15, -0.1) is 0 Å². The maximum absolute atomic E-state index is 11.6. The number of esters is 1. The Balaban J connectivity index is 1.54. The molecule has 0 aliphatic carbocycles. The molecule has 5 rings (SSSR count). The summed E-state index contributed by atoms with van der Waals surface area (Å²) < 4.78 is 22.4. The summed E-state index contributed by atoms with van der Waals surface area (Å²) in [7, 11) is 3.33. The molecule has 0 spiro atoms. The van der Waals surface area contributed by atoms with Gasteiger partial charge in [0.15, 0.2) is 11.5 Å². The van der Waals surface area contributed by atoms with Crippen LogP contribution >= 0.6 is 0 Å². The molecule has 1 aromatic carbocycles. The zero-order valence-electron chi connectivity index (χ0n) is 17.9. The zero-order chi connectivity index (χ0) is 21.0. The first-order valence-corrected chi connectivity index (χ1v) is 10.5. The smallest absolute Gasteiger partial charge is 0.307 e. The van der Waals surface area contributed by atoms with Gasteiger partial charge in [-0.3, -0.25) is 9.69 Å². The van der Waals surface area contributed by atoms with Crippen LogP contribution in [0.2, 0.25) is 0 Å². The highest BCUT2D eigenvalue weighted by atomic mass is 16.6. The number of piperidine rings is 1. The van der Waals surface area contributed by atoms with Gasteiger partial charge in [-0.2, -0.15) is 0 Å². The molecule has 2 unspecified atom stereocenters. The van der Waals surface area contributed by atoms with Crippen molar-refractivity contribution in [3.8, 4) is 11.5 Å². The van der Waals surface area contributed by atoms with Crippen LogP contribution in [0.25, 0.3) is 10.9 Å². The lowest BCUT2D eigenvalue weighted by Gasteiger charge is -2.49. The molecule has 2 aromatic rings. The lowest BCUT2D eigenvalue weighted by molar-refractivity contribution is -0.141. The van der Waals surface area contributed by atoms with E-state index in [1.165, 1.54) is 23.6 Å². The molecular weight excluding hydrogens is 384 g/mol. The number of nitrogens with one attached hydrogen (secondary N) is 1. The second kappa shape index (κ2) is 7.23. The van der Waals surface area contributed by atoms with E-state index in [0.717, 1.165) is 42.9 Å². The number of hydrogen-bond donors (Lipinski definition) is 1. The Bertz CT molecular complexity index is 1030. The normalized spacial score (nSPS) is 27.9. The first kappa shape index (κ1) is 19.3. The predicted octanol–water partition coefficient (Wildman–Crippen LogP) is 3.54. The van der Waals surface area contributed by atoms with E-state index in [9.17, 15) is 4.79 Å². The number of ether oxygens (including phenoxy) is 4. The molecule has 7 nitrogen and oxygen atoms in total. The summed E-state index contributed by atoms with van der Waals surface area (Å²) in [6.45, 7) is 5.48. The molecule has 0 amide bonds. The number of benzene rings is 1. The van der Waals surface area contributed by atoms with Crippen LogP contribution in [0.1, 0.15) is 37.6 Å². The van der Waals surface area contributed by atoms with Gasteiger partial charge in [-0.1, -0.05) is 0 Å². The van der Waals surface area contributed by atoms with Gasteiger partial charge in [0.25, 0.3) is 0 Å². The number of fused-ring (bicyclic) bond motifs is 6. The van der Waals surface area contributed by atoms with Gasteiger partial charge < -0.3 is 23.9 Å². The Morgan fingerprint density at radius 1 is 1.23 bits per heavy atom. The number of allylic oxidation sites excluding steroid dienone is 1. The summed E-state index contributed by atoms with van der Waals surface area (Å²) >= 11 is 0. The van der Waals surface area contributed by atoms with Crippen molar-refractivity contribution in [1.82, 2.24) is 9.88 Å². The van der Waals surface area contributed by atoms with Crippen LogP contribution in [0, 0.1) is 11.8 Å². The molecule has 0 bridgehead atoms. The third-order valence-corrected chi connectivity index (χ3v) is 6.93. The van der Waals surface area contributed by atoms with E-state index in [-0.39, 0.29) is 24.0 Å².